The molecule has 0 unspecified atom stereocenters. The van der Waals surface area contributed by atoms with Crippen molar-refractivity contribution in [3.05, 3.63) is 57.6 Å². The van der Waals surface area contributed by atoms with Gasteiger partial charge in [-0.25, -0.2) is 4.98 Å². The molecular weight excluding hydrogens is 416 g/mol. The van der Waals surface area contributed by atoms with Crippen molar-refractivity contribution in [3.63, 3.8) is 0 Å². The number of aromatic nitrogens is 2. The SMILES string of the molecule is O=C(CSC(=S)N1C[C@H]2C[C@@H](C1)c1cccc(=O)n1C2)Nc1cccc(Cl)n1. The first-order chi connectivity index (χ1) is 13.5. The van der Waals surface area contributed by atoms with Crippen molar-refractivity contribution >= 4 is 51.6 Å². The molecule has 1 amide bonds. The molecule has 0 saturated carbocycles. The molecular formula is C19H19ClN4O2S2. The molecule has 2 aliphatic rings. The number of carbonyl (C=O) groups is 1. The van der Waals surface area contributed by atoms with E-state index in [-0.39, 0.29) is 17.2 Å². The second-order valence-corrected chi connectivity index (χ2v) is 9.05. The van der Waals surface area contributed by atoms with E-state index >= 15 is 0 Å². The van der Waals surface area contributed by atoms with Gasteiger partial charge >= 0.3 is 0 Å². The zero-order chi connectivity index (χ0) is 19.7. The number of thiocarbonyl (C=S) groups is 1. The number of hydrogen-bond donors (Lipinski definition) is 1. The van der Waals surface area contributed by atoms with Crippen LogP contribution in [0.1, 0.15) is 18.0 Å². The predicted octanol–water partition coefficient (Wildman–Crippen LogP) is 2.97. The number of thioether (sulfide) groups is 1. The maximum absolute atomic E-state index is 12.2. The number of fused-ring (bicyclic) bond motifs is 4. The number of halogens is 1. The van der Waals surface area contributed by atoms with Crippen molar-refractivity contribution in [2.45, 2.75) is 18.9 Å². The quantitative estimate of drug-likeness (QED) is 0.591. The minimum Gasteiger partial charge on any atom is -0.356 e. The highest BCUT2D eigenvalue weighted by Gasteiger charge is 2.35. The van der Waals surface area contributed by atoms with E-state index in [4.69, 9.17) is 23.8 Å². The average molecular weight is 435 g/mol. The number of anilines is 1. The van der Waals surface area contributed by atoms with Crippen LogP contribution >= 0.6 is 35.6 Å². The van der Waals surface area contributed by atoms with Gasteiger partial charge in [0.05, 0.1) is 5.75 Å². The molecule has 0 aromatic carbocycles. The Balaban J connectivity index is 1.35. The van der Waals surface area contributed by atoms with E-state index < -0.39 is 0 Å². The minimum atomic E-state index is -0.170. The van der Waals surface area contributed by atoms with E-state index in [1.165, 1.54) is 11.8 Å². The van der Waals surface area contributed by atoms with Crippen molar-refractivity contribution in [3.8, 4) is 0 Å². The van der Waals surface area contributed by atoms with E-state index in [1.807, 2.05) is 16.7 Å². The molecule has 9 heteroatoms. The number of likely N-dealkylation sites (tertiary alicyclic amines) is 1. The van der Waals surface area contributed by atoms with Gasteiger partial charge in [0.15, 0.2) is 0 Å². The Kier molecular flexibility index (Phi) is 5.70. The van der Waals surface area contributed by atoms with Crippen LogP contribution in [0.5, 0.6) is 0 Å². The fourth-order valence-electron chi connectivity index (χ4n) is 3.92. The monoisotopic (exact) mass is 434 g/mol. The molecule has 4 heterocycles. The van der Waals surface area contributed by atoms with Crippen LogP contribution in [0, 0.1) is 5.92 Å². The number of pyridine rings is 2. The highest BCUT2D eigenvalue weighted by atomic mass is 35.5. The summed E-state index contributed by atoms with van der Waals surface area (Å²) in [7, 11) is 0. The largest absolute Gasteiger partial charge is 0.356 e. The third kappa shape index (κ3) is 4.24. The summed E-state index contributed by atoms with van der Waals surface area (Å²) in [6.45, 7) is 2.33. The molecule has 2 aromatic heterocycles. The van der Waals surface area contributed by atoms with E-state index in [9.17, 15) is 9.59 Å². The number of carbonyl (C=O) groups excluding carboxylic acids is 1. The zero-order valence-electron chi connectivity index (χ0n) is 15.0. The van der Waals surface area contributed by atoms with Gasteiger partial charge in [-0.2, -0.15) is 0 Å². The van der Waals surface area contributed by atoms with Gasteiger partial charge in [0.2, 0.25) is 5.91 Å². The second-order valence-electron chi connectivity index (χ2n) is 7.05. The fraction of sp³-hybridized carbons (Fsp3) is 0.368. The molecule has 6 nitrogen and oxygen atoms in total. The first-order valence-electron chi connectivity index (χ1n) is 9.03. The number of rotatable bonds is 3. The molecule has 146 valence electrons. The van der Waals surface area contributed by atoms with Gasteiger partial charge in [-0.05, 0) is 30.5 Å². The normalized spacial score (nSPS) is 20.4. The maximum Gasteiger partial charge on any atom is 0.250 e. The van der Waals surface area contributed by atoms with Crippen LogP contribution in [0.2, 0.25) is 5.15 Å². The molecule has 1 fully saturated rings. The summed E-state index contributed by atoms with van der Waals surface area (Å²) >= 11 is 12.8. The number of nitrogens with one attached hydrogen (secondary N) is 1. The van der Waals surface area contributed by atoms with Crippen LogP contribution in [0.15, 0.2) is 41.2 Å². The van der Waals surface area contributed by atoms with Crippen molar-refractivity contribution in [2.75, 3.05) is 24.2 Å². The topological polar surface area (TPSA) is 67.2 Å². The number of amides is 1. The van der Waals surface area contributed by atoms with Crippen LogP contribution in [0.3, 0.4) is 0 Å². The van der Waals surface area contributed by atoms with Crippen molar-refractivity contribution in [1.29, 1.82) is 0 Å². The Labute approximate surface area is 177 Å². The van der Waals surface area contributed by atoms with Crippen LogP contribution in [0.25, 0.3) is 0 Å². The van der Waals surface area contributed by atoms with Gasteiger partial charge in [0.25, 0.3) is 5.56 Å². The summed E-state index contributed by atoms with van der Waals surface area (Å²) in [4.78, 5) is 30.5. The lowest BCUT2D eigenvalue weighted by Crippen LogP contribution is -2.48. The maximum atomic E-state index is 12.2. The van der Waals surface area contributed by atoms with Crippen LogP contribution in [-0.4, -0.2) is 43.5 Å². The van der Waals surface area contributed by atoms with Crippen molar-refractivity contribution in [2.24, 2.45) is 5.92 Å². The molecule has 2 aliphatic heterocycles. The van der Waals surface area contributed by atoms with E-state index in [1.54, 1.807) is 24.3 Å². The summed E-state index contributed by atoms with van der Waals surface area (Å²) in [6.07, 6.45) is 1.08. The Hall–Kier alpha value is -1.90. The fourth-order valence-corrected chi connectivity index (χ4v) is 5.07. The average Bonchev–Trinajstić information content (AvgIpc) is 2.67. The lowest BCUT2D eigenvalue weighted by atomic mass is 9.83. The first-order valence-corrected chi connectivity index (χ1v) is 10.8. The van der Waals surface area contributed by atoms with E-state index in [2.05, 4.69) is 15.2 Å². The lowest BCUT2D eigenvalue weighted by Gasteiger charge is -2.43. The van der Waals surface area contributed by atoms with Crippen LogP contribution in [-0.2, 0) is 11.3 Å². The summed E-state index contributed by atoms with van der Waals surface area (Å²) in [5, 5.41) is 3.06. The molecule has 28 heavy (non-hydrogen) atoms. The summed E-state index contributed by atoms with van der Waals surface area (Å²) in [5.41, 5.74) is 1.16. The Bertz CT molecular complexity index is 980. The zero-order valence-corrected chi connectivity index (χ0v) is 17.4. The molecule has 0 radical (unpaired) electrons. The molecule has 2 atom stereocenters. The van der Waals surface area contributed by atoms with Gasteiger partial charge in [0, 0.05) is 37.3 Å². The van der Waals surface area contributed by atoms with E-state index in [0.717, 1.165) is 36.1 Å². The molecule has 0 aliphatic carbocycles. The lowest BCUT2D eigenvalue weighted by molar-refractivity contribution is -0.113. The highest BCUT2D eigenvalue weighted by Crippen LogP contribution is 2.36. The highest BCUT2D eigenvalue weighted by molar-refractivity contribution is 8.23. The smallest absolute Gasteiger partial charge is 0.250 e. The molecule has 1 N–H and O–H groups in total. The van der Waals surface area contributed by atoms with Crippen molar-refractivity contribution in [1.82, 2.24) is 14.5 Å². The molecule has 2 bridgehead atoms. The number of hydrogen-bond acceptors (Lipinski definition) is 5. The third-order valence-electron chi connectivity index (χ3n) is 5.05. The summed E-state index contributed by atoms with van der Waals surface area (Å²) in [5.74, 6) is 1.17. The van der Waals surface area contributed by atoms with Crippen molar-refractivity contribution < 1.29 is 4.79 Å². The Morgan fingerprint density at radius 3 is 2.89 bits per heavy atom. The standard InChI is InChI=1S/C19H19ClN4O2S2/c20-15-4-2-5-16(21-15)22-17(25)11-28-19(27)23-8-12-7-13(10-23)14-3-1-6-18(26)24(14)9-12/h1-6,12-13H,7-11H2,(H,21,22,25)/t12-,13+/m1/s1. The molecule has 0 spiro atoms. The minimum absolute atomic E-state index is 0.0731. The predicted molar refractivity (Wildman–Crippen MR) is 116 cm³/mol. The van der Waals surface area contributed by atoms with Gasteiger partial charge in [-0.1, -0.05) is 47.7 Å². The molecule has 2 aromatic rings. The molecule has 4 rings (SSSR count). The van der Waals surface area contributed by atoms with Gasteiger partial charge < -0.3 is 14.8 Å². The first kappa shape index (κ1) is 19.4. The summed E-state index contributed by atoms with van der Waals surface area (Å²) < 4.78 is 2.62. The van der Waals surface area contributed by atoms with Crippen LogP contribution < -0.4 is 10.9 Å². The van der Waals surface area contributed by atoms with E-state index in [0.29, 0.717) is 22.8 Å². The second kappa shape index (κ2) is 8.23. The summed E-state index contributed by atoms with van der Waals surface area (Å²) in [6, 6.07) is 10.6. The van der Waals surface area contributed by atoms with Gasteiger partial charge in [-0.3, -0.25) is 9.59 Å². The van der Waals surface area contributed by atoms with Gasteiger partial charge in [-0.15, -0.1) is 0 Å². The third-order valence-corrected chi connectivity index (χ3v) is 6.78. The number of nitrogens with zero attached hydrogens (tertiary/aromatic N) is 3. The number of piperidine rings is 1. The Morgan fingerprint density at radius 2 is 2.07 bits per heavy atom. The van der Waals surface area contributed by atoms with Gasteiger partial charge in [0.1, 0.15) is 15.3 Å². The Morgan fingerprint density at radius 1 is 1.25 bits per heavy atom. The molecule has 1 saturated heterocycles. The van der Waals surface area contributed by atoms with Crippen LogP contribution in [0.4, 0.5) is 5.82 Å².